The lowest BCUT2D eigenvalue weighted by atomic mass is 9.89. The molecule has 0 bridgehead atoms. The zero-order chi connectivity index (χ0) is 45.6. The Morgan fingerprint density at radius 2 is 1.52 bits per heavy atom. The Morgan fingerprint density at radius 3 is 2.08 bits per heavy atom. The number of likely N-dealkylation sites (N-methyl/N-ethyl adjacent to an activating group) is 2. The Balaban J connectivity index is 1.79. The molecule has 4 amide bonds. The van der Waals surface area contributed by atoms with Gasteiger partial charge in [-0.1, -0.05) is 97.4 Å². The second-order valence-electron chi connectivity index (χ2n) is 17.6. The van der Waals surface area contributed by atoms with E-state index in [-0.39, 0.29) is 53.8 Å². The van der Waals surface area contributed by atoms with E-state index in [0.717, 1.165) is 17.5 Å². The van der Waals surface area contributed by atoms with Crippen LogP contribution in [-0.4, -0.2) is 134 Å². The summed E-state index contributed by atoms with van der Waals surface area (Å²) >= 11 is 0. The molecule has 14 heteroatoms. The summed E-state index contributed by atoms with van der Waals surface area (Å²) in [7, 11) is 8.12. The van der Waals surface area contributed by atoms with Crippen LogP contribution in [0.15, 0.2) is 54.6 Å². The smallest absolute Gasteiger partial charge is 0.245 e. The number of methoxy groups -OCH3 is 3. The Morgan fingerprint density at radius 1 is 0.869 bits per heavy atom. The van der Waals surface area contributed by atoms with Gasteiger partial charge in [-0.15, -0.1) is 0 Å². The molecular weight excluding hydrogens is 777 g/mol. The van der Waals surface area contributed by atoms with Crippen LogP contribution in [0, 0.1) is 23.7 Å². The van der Waals surface area contributed by atoms with Crippen molar-refractivity contribution in [3.05, 3.63) is 65.7 Å². The predicted molar refractivity (Wildman–Crippen MR) is 239 cm³/mol. The summed E-state index contributed by atoms with van der Waals surface area (Å²) in [6.45, 7) is 14.6. The molecule has 0 spiro atoms. The van der Waals surface area contributed by atoms with Crippen LogP contribution in [-0.2, 0) is 46.4 Å². The number of nitrogen functional groups attached to an aromatic ring is 1. The van der Waals surface area contributed by atoms with Gasteiger partial charge in [0.05, 0.1) is 48.7 Å². The molecule has 1 unspecified atom stereocenters. The number of hydrogen-bond donors (Lipinski definition) is 4. The van der Waals surface area contributed by atoms with E-state index < -0.39 is 48.6 Å². The molecule has 0 radical (unpaired) electrons. The van der Waals surface area contributed by atoms with E-state index in [0.29, 0.717) is 38.0 Å². The maximum Gasteiger partial charge on any atom is 0.245 e. The highest BCUT2D eigenvalue weighted by Gasteiger charge is 2.43. The highest BCUT2D eigenvalue weighted by molar-refractivity contribution is 5.90. The fourth-order valence-electron chi connectivity index (χ4n) is 8.94. The molecule has 2 aromatic rings. The highest BCUT2D eigenvalue weighted by Crippen LogP contribution is 2.30. The van der Waals surface area contributed by atoms with Gasteiger partial charge in [0.2, 0.25) is 23.6 Å². The van der Waals surface area contributed by atoms with E-state index >= 15 is 0 Å². The summed E-state index contributed by atoms with van der Waals surface area (Å²) in [5.41, 5.74) is 8.59. The largest absolute Gasteiger partial charge is 0.399 e. The van der Waals surface area contributed by atoms with Crippen LogP contribution in [0.4, 0.5) is 5.69 Å². The summed E-state index contributed by atoms with van der Waals surface area (Å²) in [6.07, 6.45) is -0.0748. The third-order valence-corrected chi connectivity index (χ3v) is 12.5. The van der Waals surface area contributed by atoms with Gasteiger partial charge >= 0.3 is 0 Å². The minimum atomic E-state index is -1.23. The van der Waals surface area contributed by atoms with Crippen molar-refractivity contribution in [2.24, 2.45) is 23.7 Å². The van der Waals surface area contributed by atoms with Crippen LogP contribution in [0.5, 0.6) is 0 Å². The number of carbonyl (C=O) groups excluding carboxylic acids is 4. The summed E-state index contributed by atoms with van der Waals surface area (Å²) in [5, 5.41) is 16.7. The number of nitrogens with one attached hydrogen (secondary N) is 2. The van der Waals surface area contributed by atoms with E-state index in [9.17, 15) is 24.3 Å². The van der Waals surface area contributed by atoms with E-state index in [1.165, 1.54) is 7.11 Å². The first-order valence-electron chi connectivity index (χ1n) is 21.9. The monoisotopic (exact) mass is 853 g/mol. The average Bonchev–Trinajstić information content (AvgIpc) is 3.71. The van der Waals surface area contributed by atoms with Gasteiger partial charge in [-0.3, -0.25) is 24.1 Å². The SMILES string of the molecule is CC[C@H](C)[C@@H]([C@@H](CC(=O)N1CCC[C@H]1[C@H](OC)[C@@H](C)C(=O)N[C@@H](Cc1ccccc1)C(O)OC)OC)N(C)C(=O)[C@@H](NC(=O)[C@H](C(C)C)N(C)Cc1cccc(N)c1)C(C)C. The van der Waals surface area contributed by atoms with Crippen molar-refractivity contribution in [2.45, 2.75) is 136 Å². The number of nitrogens with two attached hydrogens (primary N) is 1. The molecule has 5 N–H and O–H groups in total. The van der Waals surface area contributed by atoms with Gasteiger partial charge in [0.15, 0.2) is 6.29 Å². The van der Waals surface area contributed by atoms with Gasteiger partial charge in [0.1, 0.15) is 6.04 Å². The molecule has 10 atom stereocenters. The van der Waals surface area contributed by atoms with E-state index in [1.807, 2.05) is 108 Å². The molecule has 1 aliphatic heterocycles. The van der Waals surface area contributed by atoms with E-state index in [2.05, 4.69) is 10.6 Å². The number of amides is 4. The number of ether oxygens (including phenoxy) is 3. The van der Waals surface area contributed by atoms with Gasteiger partial charge in [-0.05, 0) is 67.3 Å². The lowest BCUT2D eigenvalue weighted by molar-refractivity contribution is -0.148. The second-order valence-corrected chi connectivity index (χ2v) is 17.6. The molecule has 1 saturated heterocycles. The number of carbonyl (C=O) groups is 4. The Labute approximate surface area is 365 Å². The first-order chi connectivity index (χ1) is 28.9. The second kappa shape index (κ2) is 24.5. The van der Waals surface area contributed by atoms with Crippen molar-refractivity contribution in [3.8, 4) is 0 Å². The maximum atomic E-state index is 14.5. The zero-order valence-corrected chi connectivity index (χ0v) is 38.8. The van der Waals surface area contributed by atoms with Crippen LogP contribution in [0.1, 0.15) is 85.3 Å². The Kier molecular flexibility index (Phi) is 20.6. The maximum absolute atomic E-state index is 14.5. The lowest BCUT2D eigenvalue weighted by Crippen LogP contribution is -2.60. The molecule has 1 fully saturated rings. The minimum Gasteiger partial charge on any atom is -0.399 e. The molecule has 3 rings (SSSR count). The zero-order valence-electron chi connectivity index (χ0n) is 38.8. The van der Waals surface area contributed by atoms with Gasteiger partial charge in [-0.25, -0.2) is 0 Å². The average molecular weight is 853 g/mol. The standard InChI is InChI=1S/C47H76N6O8/c1-13-31(6)42(52(9)46(57)40(29(2)3)50-45(56)41(30(4)5)51(8)28-34-21-17-22-35(48)25-34)38(59-10)27-39(54)53-24-18-23-37(53)43(60-11)32(7)44(55)49-36(47(58)61-12)26-33-19-15-14-16-20-33/h14-17,19-22,25,29-32,36-38,40-43,47,58H,13,18,23-24,26-28,48H2,1-12H3,(H,49,55)(H,50,56)/t31-,32+,36-,37-,38+,40-,41-,42-,43+,47?/m0/s1. The van der Waals surface area contributed by atoms with Crippen LogP contribution < -0.4 is 16.4 Å². The first-order valence-corrected chi connectivity index (χ1v) is 21.9. The van der Waals surface area contributed by atoms with Gasteiger partial charge in [0.25, 0.3) is 0 Å². The van der Waals surface area contributed by atoms with Crippen LogP contribution in [0.3, 0.4) is 0 Å². The number of benzene rings is 2. The Hall–Kier alpha value is -4.08. The van der Waals surface area contributed by atoms with Crippen LogP contribution in [0.2, 0.25) is 0 Å². The van der Waals surface area contributed by atoms with Gasteiger partial charge in [0, 0.05) is 47.2 Å². The molecule has 0 saturated carbocycles. The van der Waals surface area contributed by atoms with Crippen molar-refractivity contribution in [2.75, 3.05) is 47.7 Å². The molecule has 2 aromatic carbocycles. The third-order valence-electron chi connectivity index (χ3n) is 12.5. The summed E-state index contributed by atoms with van der Waals surface area (Å²) in [6, 6.07) is 14.2. The normalized spacial score (nSPS) is 18.8. The number of nitrogens with zero attached hydrogens (tertiary/aromatic N) is 3. The quantitative estimate of drug-likeness (QED) is 0.0871. The van der Waals surface area contributed by atoms with E-state index in [1.54, 1.807) is 38.0 Å². The molecule has 0 aliphatic carbocycles. The summed E-state index contributed by atoms with van der Waals surface area (Å²) < 4.78 is 17.3. The molecule has 61 heavy (non-hydrogen) atoms. The number of rotatable bonds is 24. The number of aliphatic hydroxyl groups excluding tert-OH is 1. The van der Waals surface area contributed by atoms with Crippen molar-refractivity contribution in [3.63, 3.8) is 0 Å². The summed E-state index contributed by atoms with van der Waals surface area (Å²) in [4.78, 5) is 62.2. The van der Waals surface area contributed by atoms with E-state index in [4.69, 9.17) is 19.9 Å². The topological polar surface area (TPSA) is 176 Å². The van der Waals surface area contributed by atoms with Crippen molar-refractivity contribution < 1.29 is 38.5 Å². The molecule has 342 valence electrons. The molecule has 1 aliphatic rings. The highest BCUT2D eigenvalue weighted by atomic mass is 16.6. The van der Waals surface area contributed by atoms with Crippen LogP contribution in [0.25, 0.3) is 0 Å². The number of likely N-dealkylation sites (tertiary alicyclic amines) is 1. The number of anilines is 1. The predicted octanol–water partition coefficient (Wildman–Crippen LogP) is 4.48. The molecular formula is C47H76N6O8. The van der Waals surface area contributed by atoms with Crippen molar-refractivity contribution in [1.29, 1.82) is 0 Å². The van der Waals surface area contributed by atoms with Crippen LogP contribution >= 0.6 is 0 Å². The van der Waals surface area contributed by atoms with Gasteiger partial charge < -0.3 is 45.5 Å². The van der Waals surface area contributed by atoms with Crippen molar-refractivity contribution in [1.82, 2.24) is 25.3 Å². The summed E-state index contributed by atoms with van der Waals surface area (Å²) in [5.74, 6) is -1.98. The molecule has 14 nitrogen and oxygen atoms in total. The third kappa shape index (κ3) is 14.0. The number of hydrogen-bond acceptors (Lipinski definition) is 10. The number of aliphatic hydroxyl groups is 1. The Bertz CT molecular complexity index is 1680. The molecule has 0 aromatic heterocycles. The van der Waals surface area contributed by atoms with Gasteiger partial charge in [-0.2, -0.15) is 0 Å². The fourth-order valence-corrected chi connectivity index (χ4v) is 8.94. The lowest BCUT2D eigenvalue weighted by Gasteiger charge is -2.41. The minimum absolute atomic E-state index is 0.00125. The fraction of sp³-hybridized carbons (Fsp3) is 0.660. The van der Waals surface area contributed by atoms with Crippen molar-refractivity contribution >= 4 is 29.3 Å². The first kappa shape index (κ1) is 51.3. The molecule has 1 heterocycles.